The fourth-order valence-electron chi connectivity index (χ4n) is 2.45. The number of carbonyl (C=O) groups is 2. The molecule has 0 unspecified atom stereocenters. The Balaban J connectivity index is 1.69. The molecule has 0 aliphatic heterocycles. The van der Waals surface area contributed by atoms with Crippen molar-refractivity contribution in [3.63, 3.8) is 0 Å². The molecule has 25 heavy (non-hydrogen) atoms. The highest BCUT2D eigenvalue weighted by Gasteiger charge is 2.09. The second-order valence-electron chi connectivity index (χ2n) is 5.53. The van der Waals surface area contributed by atoms with E-state index in [-0.39, 0.29) is 11.7 Å². The lowest BCUT2D eigenvalue weighted by Crippen LogP contribution is -2.25. The highest BCUT2D eigenvalue weighted by Crippen LogP contribution is 2.24. The first-order chi connectivity index (χ1) is 12.1. The van der Waals surface area contributed by atoms with Crippen molar-refractivity contribution < 1.29 is 19.1 Å². The van der Waals surface area contributed by atoms with E-state index in [0.717, 1.165) is 21.9 Å². The topological polar surface area (TPSA) is 64.6 Å². The second-order valence-corrected chi connectivity index (χ2v) is 6.48. The van der Waals surface area contributed by atoms with Gasteiger partial charge < -0.3 is 14.8 Å². The molecular weight excluding hydrogens is 338 g/mol. The summed E-state index contributed by atoms with van der Waals surface area (Å²) in [6.45, 7) is 0.528. The van der Waals surface area contributed by atoms with Crippen LogP contribution in [0.2, 0.25) is 0 Å². The van der Waals surface area contributed by atoms with Crippen molar-refractivity contribution in [1.29, 1.82) is 0 Å². The van der Waals surface area contributed by atoms with Gasteiger partial charge in [0.25, 0.3) is 0 Å². The van der Waals surface area contributed by atoms with E-state index in [4.69, 9.17) is 9.47 Å². The molecule has 0 bridgehead atoms. The molecule has 1 aromatic carbocycles. The standard InChI is InChI=1S/C19H23NO4S/c1-23-15-9-8-14(17(13-15)24-2)10-11-20-19(22)7-3-5-16(21)18-6-4-12-25-18/h4,6,8-9,12-13H,3,5,7,10-11H2,1-2H3,(H,20,22). The summed E-state index contributed by atoms with van der Waals surface area (Å²) in [4.78, 5) is 24.5. The Morgan fingerprint density at radius 3 is 2.64 bits per heavy atom. The molecule has 1 N–H and O–H groups in total. The molecule has 0 aliphatic rings. The molecule has 0 radical (unpaired) electrons. The monoisotopic (exact) mass is 361 g/mol. The number of nitrogens with one attached hydrogen (secondary N) is 1. The zero-order valence-corrected chi connectivity index (χ0v) is 15.4. The highest BCUT2D eigenvalue weighted by atomic mass is 32.1. The van der Waals surface area contributed by atoms with E-state index in [2.05, 4.69) is 5.32 Å². The lowest BCUT2D eigenvalue weighted by Gasteiger charge is -2.11. The number of hydrogen-bond acceptors (Lipinski definition) is 5. The minimum atomic E-state index is -0.0357. The Bertz CT molecular complexity index is 697. The number of methoxy groups -OCH3 is 2. The van der Waals surface area contributed by atoms with E-state index < -0.39 is 0 Å². The van der Waals surface area contributed by atoms with Crippen molar-refractivity contribution in [1.82, 2.24) is 5.32 Å². The third-order valence-electron chi connectivity index (χ3n) is 3.81. The fraction of sp³-hybridized carbons (Fsp3) is 0.368. The normalized spacial score (nSPS) is 10.3. The Hall–Kier alpha value is -2.34. The van der Waals surface area contributed by atoms with E-state index in [1.54, 1.807) is 14.2 Å². The van der Waals surface area contributed by atoms with Crippen LogP contribution in [0.4, 0.5) is 0 Å². The molecule has 0 spiro atoms. The zero-order valence-electron chi connectivity index (χ0n) is 14.5. The second kappa shape index (κ2) is 9.84. The van der Waals surface area contributed by atoms with E-state index in [1.807, 2.05) is 35.7 Å². The first-order valence-electron chi connectivity index (χ1n) is 8.18. The molecule has 6 heteroatoms. The molecule has 1 amide bonds. The molecule has 0 fully saturated rings. The number of amides is 1. The SMILES string of the molecule is COc1ccc(CCNC(=O)CCCC(=O)c2cccs2)c(OC)c1. The van der Waals surface area contributed by atoms with Gasteiger partial charge in [-0.05, 0) is 35.9 Å². The molecule has 0 atom stereocenters. The number of benzene rings is 1. The van der Waals surface area contributed by atoms with Crippen molar-refractivity contribution in [2.75, 3.05) is 20.8 Å². The van der Waals surface area contributed by atoms with Crippen LogP contribution >= 0.6 is 11.3 Å². The van der Waals surface area contributed by atoms with Gasteiger partial charge in [0, 0.05) is 25.5 Å². The number of ether oxygens (including phenoxy) is 2. The van der Waals surface area contributed by atoms with Crippen LogP contribution in [0.15, 0.2) is 35.7 Å². The van der Waals surface area contributed by atoms with E-state index >= 15 is 0 Å². The molecule has 1 heterocycles. The van der Waals surface area contributed by atoms with Gasteiger partial charge in [-0.1, -0.05) is 12.1 Å². The number of ketones is 1. The van der Waals surface area contributed by atoms with E-state index in [9.17, 15) is 9.59 Å². The van der Waals surface area contributed by atoms with Crippen LogP contribution in [0.5, 0.6) is 11.5 Å². The summed E-state index contributed by atoms with van der Waals surface area (Å²) >= 11 is 1.44. The highest BCUT2D eigenvalue weighted by molar-refractivity contribution is 7.12. The van der Waals surface area contributed by atoms with Crippen molar-refractivity contribution in [2.45, 2.75) is 25.7 Å². The summed E-state index contributed by atoms with van der Waals surface area (Å²) in [6.07, 6.45) is 2.00. The van der Waals surface area contributed by atoms with Gasteiger partial charge in [0.05, 0.1) is 19.1 Å². The van der Waals surface area contributed by atoms with Crippen LogP contribution in [-0.4, -0.2) is 32.5 Å². The van der Waals surface area contributed by atoms with Gasteiger partial charge in [0.1, 0.15) is 11.5 Å². The first-order valence-corrected chi connectivity index (χ1v) is 9.06. The van der Waals surface area contributed by atoms with Gasteiger partial charge in [0.15, 0.2) is 5.78 Å². The van der Waals surface area contributed by atoms with Crippen LogP contribution in [0.3, 0.4) is 0 Å². The average Bonchev–Trinajstić information content (AvgIpc) is 3.16. The molecule has 2 rings (SSSR count). The number of Topliss-reactive ketones (excluding diaryl/α,β-unsaturated/α-hetero) is 1. The molecule has 0 aliphatic carbocycles. The molecule has 2 aromatic rings. The minimum absolute atomic E-state index is 0.0357. The Morgan fingerprint density at radius 1 is 1.12 bits per heavy atom. The summed E-state index contributed by atoms with van der Waals surface area (Å²) in [5.74, 6) is 1.55. The van der Waals surface area contributed by atoms with Crippen molar-refractivity contribution in [3.05, 3.63) is 46.2 Å². The number of hydrogen-bond donors (Lipinski definition) is 1. The Morgan fingerprint density at radius 2 is 1.96 bits per heavy atom. The number of rotatable bonds is 10. The Labute approximate surface area is 152 Å². The lowest BCUT2D eigenvalue weighted by atomic mass is 10.1. The average molecular weight is 361 g/mol. The molecule has 5 nitrogen and oxygen atoms in total. The summed E-state index contributed by atoms with van der Waals surface area (Å²) < 4.78 is 10.5. The van der Waals surface area contributed by atoms with Gasteiger partial charge >= 0.3 is 0 Å². The lowest BCUT2D eigenvalue weighted by molar-refractivity contribution is -0.121. The van der Waals surface area contributed by atoms with E-state index in [1.165, 1.54) is 11.3 Å². The summed E-state index contributed by atoms with van der Waals surface area (Å²) in [5.41, 5.74) is 1.01. The van der Waals surface area contributed by atoms with Crippen molar-refractivity contribution in [2.24, 2.45) is 0 Å². The predicted molar refractivity (Wildman–Crippen MR) is 98.8 cm³/mol. The summed E-state index contributed by atoms with van der Waals surface area (Å²) in [7, 11) is 3.22. The van der Waals surface area contributed by atoms with Crippen LogP contribution in [0, 0.1) is 0 Å². The maximum Gasteiger partial charge on any atom is 0.220 e. The predicted octanol–water partition coefficient (Wildman–Crippen LogP) is 3.48. The van der Waals surface area contributed by atoms with Gasteiger partial charge in [-0.3, -0.25) is 9.59 Å². The first kappa shape index (κ1) is 19.0. The summed E-state index contributed by atoms with van der Waals surface area (Å²) in [6, 6.07) is 9.31. The third kappa shape index (κ3) is 5.90. The zero-order chi connectivity index (χ0) is 18.1. The molecular formula is C19H23NO4S. The van der Waals surface area contributed by atoms with Crippen LogP contribution in [0.25, 0.3) is 0 Å². The van der Waals surface area contributed by atoms with Gasteiger partial charge in [-0.2, -0.15) is 0 Å². The molecule has 0 saturated carbocycles. The summed E-state index contributed by atoms with van der Waals surface area (Å²) in [5, 5.41) is 4.77. The van der Waals surface area contributed by atoms with Gasteiger partial charge in [-0.15, -0.1) is 11.3 Å². The van der Waals surface area contributed by atoms with Crippen molar-refractivity contribution >= 4 is 23.0 Å². The van der Waals surface area contributed by atoms with Crippen LogP contribution < -0.4 is 14.8 Å². The third-order valence-corrected chi connectivity index (χ3v) is 4.73. The van der Waals surface area contributed by atoms with E-state index in [0.29, 0.717) is 32.2 Å². The van der Waals surface area contributed by atoms with Gasteiger partial charge in [-0.25, -0.2) is 0 Å². The molecule has 1 aromatic heterocycles. The van der Waals surface area contributed by atoms with Crippen molar-refractivity contribution in [3.8, 4) is 11.5 Å². The quantitative estimate of drug-likeness (QED) is 0.658. The maximum absolute atomic E-state index is 11.9. The fourth-order valence-corrected chi connectivity index (χ4v) is 3.15. The Kier molecular flexibility index (Phi) is 7.47. The molecule has 134 valence electrons. The van der Waals surface area contributed by atoms with Crippen LogP contribution in [-0.2, 0) is 11.2 Å². The number of thiophene rings is 1. The maximum atomic E-state index is 11.9. The molecule has 0 saturated heterocycles. The van der Waals surface area contributed by atoms with Crippen LogP contribution in [0.1, 0.15) is 34.5 Å². The minimum Gasteiger partial charge on any atom is -0.497 e. The van der Waals surface area contributed by atoms with Gasteiger partial charge in [0.2, 0.25) is 5.91 Å². The smallest absolute Gasteiger partial charge is 0.220 e. The largest absolute Gasteiger partial charge is 0.497 e. The number of carbonyl (C=O) groups excluding carboxylic acids is 2.